The second kappa shape index (κ2) is 10.8. The van der Waals surface area contributed by atoms with Gasteiger partial charge in [0.2, 0.25) is 0 Å². The molecule has 0 saturated heterocycles. The average Bonchev–Trinajstić information content (AvgIpc) is 3.49. The Bertz CT molecular complexity index is 1430. The van der Waals surface area contributed by atoms with E-state index >= 15 is 0 Å². The Morgan fingerprint density at radius 2 is 1.45 bits per heavy atom. The maximum absolute atomic E-state index is 13.8. The fraction of sp³-hybridized carbons (Fsp3) is 0.233. The van der Waals surface area contributed by atoms with Crippen LogP contribution in [0.5, 0.6) is 11.5 Å². The molecule has 0 bridgehead atoms. The quantitative estimate of drug-likeness (QED) is 0.286. The van der Waals surface area contributed by atoms with Gasteiger partial charge in [0.05, 0.1) is 37.1 Å². The molecule has 1 unspecified atom stereocenters. The van der Waals surface area contributed by atoms with Gasteiger partial charge in [-0.1, -0.05) is 12.1 Å². The zero-order chi connectivity index (χ0) is 26.6. The molecule has 1 atom stereocenters. The van der Waals surface area contributed by atoms with Crippen molar-refractivity contribution in [3.05, 3.63) is 95.2 Å². The van der Waals surface area contributed by atoms with Gasteiger partial charge in [0.1, 0.15) is 17.2 Å². The molecule has 194 valence electrons. The first kappa shape index (κ1) is 25.1. The third-order valence-corrected chi connectivity index (χ3v) is 6.37. The Morgan fingerprint density at radius 3 is 2.03 bits per heavy atom. The van der Waals surface area contributed by atoms with E-state index in [9.17, 15) is 9.59 Å². The van der Waals surface area contributed by atoms with Crippen molar-refractivity contribution in [2.24, 2.45) is 0 Å². The van der Waals surface area contributed by atoms with E-state index in [0.29, 0.717) is 42.5 Å². The monoisotopic (exact) mass is 511 g/mol. The summed E-state index contributed by atoms with van der Waals surface area (Å²) in [7, 11) is 0. The number of rotatable bonds is 9. The summed E-state index contributed by atoms with van der Waals surface area (Å²) >= 11 is 0. The molecule has 0 spiro atoms. The van der Waals surface area contributed by atoms with E-state index in [0.717, 1.165) is 28.2 Å². The SMILES string of the molecule is CCOC(=O)c1ccc(N2C(=O)c3[nH]nc(-c4ccc(OCC)cc4)c3C2c2ccc(OCC)cc2)cc1. The van der Waals surface area contributed by atoms with Crippen LogP contribution in [0.1, 0.15) is 58.8 Å². The van der Waals surface area contributed by atoms with Crippen molar-refractivity contribution >= 4 is 17.6 Å². The zero-order valence-corrected chi connectivity index (χ0v) is 21.6. The Kier molecular flexibility index (Phi) is 7.13. The number of hydrogen-bond donors (Lipinski definition) is 1. The van der Waals surface area contributed by atoms with Crippen LogP contribution in [0.4, 0.5) is 5.69 Å². The lowest BCUT2D eigenvalue weighted by molar-refractivity contribution is 0.0526. The van der Waals surface area contributed by atoms with Crippen LogP contribution in [0.3, 0.4) is 0 Å². The van der Waals surface area contributed by atoms with Gasteiger partial charge < -0.3 is 14.2 Å². The number of carbonyl (C=O) groups is 2. The predicted molar refractivity (Wildman–Crippen MR) is 144 cm³/mol. The standard InChI is InChI=1S/C30H29N3O5/c1-4-36-23-15-9-19(10-16-23)26-25-27(32-31-26)29(34)33(22-13-7-21(8-14-22)30(35)38-6-3)28(25)20-11-17-24(18-12-20)37-5-2/h7-18,28H,4-6H2,1-3H3,(H,31,32). The average molecular weight is 512 g/mol. The molecule has 1 aliphatic heterocycles. The van der Waals surface area contributed by atoms with Gasteiger partial charge in [0.25, 0.3) is 5.91 Å². The highest BCUT2D eigenvalue weighted by molar-refractivity contribution is 6.12. The minimum Gasteiger partial charge on any atom is -0.494 e. The van der Waals surface area contributed by atoms with Crippen LogP contribution in [0.2, 0.25) is 0 Å². The van der Waals surface area contributed by atoms with E-state index < -0.39 is 12.0 Å². The minimum absolute atomic E-state index is 0.201. The Balaban J connectivity index is 1.59. The van der Waals surface area contributed by atoms with E-state index in [-0.39, 0.29) is 5.91 Å². The Morgan fingerprint density at radius 1 is 0.842 bits per heavy atom. The number of aromatic amines is 1. The van der Waals surface area contributed by atoms with E-state index in [1.807, 2.05) is 62.4 Å². The van der Waals surface area contributed by atoms with E-state index in [1.165, 1.54) is 0 Å². The van der Waals surface area contributed by atoms with Crippen molar-refractivity contribution in [2.45, 2.75) is 26.8 Å². The first-order valence-electron chi connectivity index (χ1n) is 12.7. The number of H-pyrrole nitrogens is 1. The molecule has 0 radical (unpaired) electrons. The zero-order valence-electron chi connectivity index (χ0n) is 21.6. The molecule has 1 amide bonds. The molecule has 0 fully saturated rings. The molecule has 1 aliphatic rings. The Hall–Kier alpha value is -4.59. The lowest BCUT2D eigenvalue weighted by Crippen LogP contribution is -2.29. The molecule has 2 heterocycles. The summed E-state index contributed by atoms with van der Waals surface area (Å²) in [5.41, 5.74) is 4.78. The highest BCUT2D eigenvalue weighted by Crippen LogP contribution is 2.45. The summed E-state index contributed by atoms with van der Waals surface area (Å²) in [5.74, 6) is 0.922. The number of anilines is 1. The number of benzene rings is 3. The minimum atomic E-state index is -0.443. The molecular weight excluding hydrogens is 482 g/mol. The van der Waals surface area contributed by atoms with Gasteiger partial charge in [0, 0.05) is 16.8 Å². The first-order valence-corrected chi connectivity index (χ1v) is 12.7. The number of nitrogens with zero attached hydrogens (tertiary/aromatic N) is 2. The van der Waals surface area contributed by atoms with Crippen LogP contribution in [0.25, 0.3) is 11.3 Å². The Labute approximate surface area is 221 Å². The summed E-state index contributed by atoms with van der Waals surface area (Å²) in [4.78, 5) is 27.7. The summed E-state index contributed by atoms with van der Waals surface area (Å²) in [6, 6.07) is 21.9. The van der Waals surface area contributed by atoms with Crippen molar-refractivity contribution < 1.29 is 23.8 Å². The molecule has 5 rings (SSSR count). The number of aromatic nitrogens is 2. The van der Waals surface area contributed by atoms with Gasteiger partial charge in [0.15, 0.2) is 0 Å². The third kappa shape index (κ3) is 4.61. The van der Waals surface area contributed by atoms with Crippen molar-refractivity contribution in [3.8, 4) is 22.8 Å². The maximum atomic E-state index is 13.8. The number of hydrogen-bond acceptors (Lipinski definition) is 6. The lowest BCUT2D eigenvalue weighted by atomic mass is 9.95. The fourth-order valence-electron chi connectivity index (χ4n) is 4.71. The number of esters is 1. The molecule has 0 saturated carbocycles. The largest absolute Gasteiger partial charge is 0.494 e. The molecule has 8 nitrogen and oxygen atoms in total. The van der Waals surface area contributed by atoms with Gasteiger partial charge in [-0.2, -0.15) is 5.10 Å². The van der Waals surface area contributed by atoms with E-state index in [4.69, 9.17) is 14.2 Å². The molecule has 0 aliphatic carbocycles. The smallest absolute Gasteiger partial charge is 0.338 e. The second-order valence-corrected chi connectivity index (χ2v) is 8.67. The van der Waals surface area contributed by atoms with Crippen LogP contribution >= 0.6 is 0 Å². The fourth-order valence-corrected chi connectivity index (χ4v) is 4.71. The van der Waals surface area contributed by atoms with E-state index in [1.54, 1.807) is 36.1 Å². The lowest BCUT2D eigenvalue weighted by Gasteiger charge is -2.27. The normalized spacial score (nSPS) is 14.3. The second-order valence-electron chi connectivity index (χ2n) is 8.67. The number of fused-ring (bicyclic) bond motifs is 1. The first-order chi connectivity index (χ1) is 18.5. The molecule has 8 heteroatoms. The number of amides is 1. The molecule has 38 heavy (non-hydrogen) atoms. The van der Waals surface area contributed by atoms with Crippen molar-refractivity contribution in [2.75, 3.05) is 24.7 Å². The van der Waals surface area contributed by atoms with Crippen LogP contribution in [-0.4, -0.2) is 41.9 Å². The highest BCUT2D eigenvalue weighted by Gasteiger charge is 2.43. The van der Waals surface area contributed by atoms with Crippen LogP contribution < -0.4 is 14.4 Å². The molecule has 3 aromatic carbocycles. The summed E-state index contributed by atoms with van der Waals surface area (Å²) in [6.07, 6.45) is 0. The topological polar surface area (TPSA) is 93.8 Å². The number of carbonyl (C=O) groups excluding carboxylic acids is 2. The molecule has 1 aromatic heterocycles. The van der Waals surface area contributed by atoms with Gasteiger partial charge in [-0.05, 0) is 87.0 Å². The number of ether oxygens (including phenoxy) is 3. The van der Waals surface area contributed by atoms with Crippen molar-refractivity contribution in [1.82, 2.24) is 10.2 Å². The molecule has 1 N–H and O–H groups in total. The van der Waals surface area contributed by atoms with Gasteiger partial charge in [-0.15, -0.1) is 0 Å². The maximum Gasteiger partial charge on any atom is 0.338 e. The van der Waals surface area contributed by atoms with Gasteiger partial charge in [-0.3, -0.25) is 14.8 Å². The van der Waals surface area contributed by atoms with Crippen LogP contribution in [-0.2, 0) is 4.74 Å². The highest BCUT2D eigenvalue weighted by atomic mass is 16.5. The predicted octanol–water partition coefficient (Wildman–Crippen LogP) is 5.80. The van der Waals surface area contributed by atoms with Crippen LogP contribution in [0, 0.1) is 0 Å². The van der Waals surface area contributed by atoms with Crippen LogP contribution in [0.15, 0.2) is 72.8 Å². The molecular formula is C30H29N3O5. The summed E-state index contributed by atoms with van der Waals surface area (Å²) in [5, 5.41) is 7.52. The van der Waals surface area contributed by atoms with Crippen molar-refractivity contribution in [3.63, 3.8) is 0 Å². The number of nitrogens with one attached hydrogen (secondary N) is 1. The summed E-state index contributed by atoms with van der Waals surface area (Å²) < 4.78 is 16.3. The summed E-state index contributed by atoms with van der Waals surface area (Å²) in [6.45, 7) is 7.08. The van der Waals surface area contributed by atoms with Gasteiger partial charge >= 0.3 is 5.97 Å². The molecule has 4 aromatic rings. The van der Waals surface area contributed by atoms with E-state index in [2.05, 4.69) is 10.2 Å². The van der Waals surface area contributed by atoms with Crippen molar-refractivity contribution in [1.29, 1.82) is 0 Å². The third-order valence-electron chi connectivity index (χ3n) is 6.37. The van der Waals surface area contributed by atoms with Gasteiger partial charge in [-0.25, -0.2) is 4.79 Å².